The van der Waals surface area contributed by atoms with E-state index in [9.17, 15) is 0 Å². The van der Waals surface area contributed by atoms with Crippen molar-refractivity contribution in [2.24, 2.45) is 0 Å². The number of rotatable bonds is 6. The molecule has 0 amide bonds. The van der Waals surface area contributed by atoms with Crippen LogP contribution in [0.4, 0.5) is 0 Å². The molecule has 0 spiro atoms. The van der Waals surface area contributed by atoms with E-state index >= 15 is 0 Å². The van der Waals surface area contributed by atoms with Crippen LogP contribution in [0.2, 0.25) is 0 Å². The van der Waals surface area contributed by atoms with Gasteiger partial charge in [0.1, 0.15) is 0 Å². The second-order valence-electron chi connectivity index (χ2n) is 11.2. The summed E-state index contributed by atoms with van der Waals surface area (Å²) >= 11 is 77.7. The van der Waals surface area contributed by atoms with Gasteiger partial charge < -0.3 is 4.74 Å². The number of benzene rings is 6. The summed E-state index contributed by atoms with van der Waals surface area (Å²) in [6.45, 7) is 0. The molecule has 0 aliphatic carbocycles. The van der Waals surface area contributed by atoms with Crippen molar-refractivity contribution in [1.29, 1.82) is 0 Å². The molecule has 0 aliphatic rings. The topological polar surface area (TPSA) is 9.23 Å². The molecular weight excluding hydrogens is 2050 g/mol. The number of hydrogen-bond acceptors (Lipinski definition) is 1. The fraction of sp³-hybridized carbons (Fsp3) is 0. The lowest BCUT2D eigenvalue weighted by atomic mass is 9.92. The second kappa shape index (κ2) is 20.9. The van der Waals surface area contributed by atoms with Crippen molar-refractivity contribution in [2.45, 2.75) is 0 Å². The first-order valence-corrected chi connectivity index (χ1v) is 30.5. The van der Waals surface area contributed by atoms with E-state index in [4.69, 9.17) is 4.74 Å². The first kappa shape index (κ1) is 51.1. The Hall–Kier alpha value is 4.72. The predicted octanol–water partition coefficient (Wildman–Crippen LogP) is 25.4. The van der Waals surface area contributed by atoms with Crippen molar-refractivity contribution in [2.75, 3.05) is 0 Å². The van der Waals surface area contributed by atoms with Crippen LogP contribution in [0, 0.1) is 0 Å². The van der Waals surface area contributed by atoms with E-state index in [0.29, 0.717) is 20.4 Å². The minimum Gasteiger partial charge on any atom is -0.454 e. The van der Waals surface area contributed by atoms with Gasteiger partial charge in [0, 0.05) is 105 Å². The van der Waals surface area contributed by atoms with Crippen LogP contribution in [0.15, 0.2) is 126 Å². The Morgan fingerprint density at radius 3 is 0.772 bits per heavy atom. The molecule has 1 nitrogen and oxygen atoms in total. The van der Waals surface area contributed by atoms with Crippen molar-refractivity contribution < 1.29 is 4.74 Å². The highest BCUT2D eigenvalue weighted by molar-refractivity contribution is 9.17. The lowest BCUT2D eigenvalue weighted by Crippen LogP contribution is -2.03. The van der Waals surface area contributed by atoms with Crippen molar-refractivity contribution in [3.8, 4) is 56.0 Å². The third kappa shape index (κ3) is 9.47. The fourth-order valence-electron chi connectivity index (χ4n) is 5.60. The van der Waals surface area contributed by atoms with Crippen molar-refractivity contribution in [3.05, 3.63) is 126 Å². The normalized spacial score (nSPS) is 11.5. The molecule has 0 radical (unpaired) electrons. The smallest absolute Gasteiger partial charge is 0.151 e. The highest BCUT2D eigenvalue weighted by Gasteiger charge is 2.35. The van der Waals surface area contributed by atoms with Gasteiger partial charge in [-0.1, -0.05) is 24.3 Å². The Morgan fingerprint density at radius 1 is 0.228 bits per heavy atom. The molecule has 0 aromatic heterocycles. The van der Waals surface area contributed by atoms with E-state index < -0.39 is 0 Å². The van der Waals surface area contributed by atoms with Crippen LogP contribution in [0.25, 0.3) is 44.5 Å². The summed E-state index contributed by atoms with van der Waals surface area (Å²) in [5, 5.41) is 0. The molecule has 6 aromatic rings. The summed E-state index contributed by atoms with van der Waals surface area (Å²) < 4.78 is 23.2. The molecule has 0 saturated carbocycles. The monoisotopic (exact) mass is 2030 g/mol. The summed E-state index contributed by atoms with van der Waals surface area (Å²) in [4.78, 5) is 0. The standard InChI is InChI=1S/C36H6Br20O/c37-9-5-1-3-7(17(9)39)11-13(15-21(43)25(47)31(53)26(48)22(15)44)35(33(55)29(51)19(11)41)57-36-14(16-23(45)27(49)32(54)28(50)24(16)46)12(20(42)30(52)34(36)56)8-4-2-6-10(38)18(8)40/h1-6H. The first-order chi connectivity index (χ1) is 26.7. The summed E-state index contributed by atoms with van der Waals surface area (Å²) in [5.74, 6) is 0.986. The van der Waals surface area contributed by atoms with Gasteiger partial charge in [0.25, 0.3) is 0 Å². The molecule has 0 aliphatic heterocycles. The minimum absolute atomic E-state index is 0.493. The molecule has 6 rings (SSSR count). The van der Waals surface area contributed by atoms with Gasteiger partial charge in [-0.25, -0.2) is 0 Å². The fourth-order valence-corrected chi connectivity index (χ4v) is 17.6. The van der Waals surface area contributed by atoms with Gasteiger partial charge in [0.2, 0.25) is 0 Å². The SMILES string of the molecule is Brc1cccc(-c2c(Br)c(Br)c(Br)c(Oc3c(Br)c(Br)c(Br)c(-c4cccc(Br)c4Br)c3-c3c(Br)c(Br)c(Br)c(Br)c3Br)c2-c2c(Br)c(Br)c(Br)c(Br)c2Br)c1Br. The van der Waals surface area contributed by atoms with E-state index in [2.05, 4.69) is 331 Å². The average Bonchev–Trinajstić information content (AvgIpc) is 3.18. The van der Waals surface area contributed by atoms with Crippen LogP contribution in [-0.2, 0) is 0 Å². The van der Waals surface area contributed by atoms with Crippen molar-refractivity contribution >= 4 is 319 Å². The lowest BCUT2D eigenvalue weighted by molar-refractivity contribution is 0.479. The minimum atomic E-state index is 0.493. The van der Waals surface area contributed by atoms with Gasteiger partial charge in [-0.2, -0.15) is 0 Å². The van der Waals surface area contributed by atoms with E-state index in [-0.39, 0.29) is 0 Å². The molecule has 0 bridgehead atoms. The molecule has 0 heterocycles. The number of halogens is 20. The quantitative estimate of drug-likeness (QED) is 0.119. The van der Waals surface area contributed by atoms with Crippen LogP contribution >= 0.6 is 319 Å². The maximum atomic E-state index is 7.57. The van der Waals surface area contributed by atoms with Gasteiger partial charge in [0.05, 0.1) is 17.9 Å². The Bertz CT molecular complexity index is 2480. The third-order valence-electron chi connectivity index (χ3n) is 8.13. The highest BCUT2D eigenvalue weighted by Crippen LogP contribution is 2.63. The summed E-state index contributed by atoms with van der Waals surface area (Å²) in [6.07, 6.45) is 0. The van der Waals surface area contributed by atoms with Crippen molar-refractivity contribution in [1.82, 2.24) is 0 Å². The Kier molecular flexibility index (Phi) is 18.8. The number of hydrogen-bond donors (Lipinski definition) is 0. The van der Waals surface area contributed by atoms with Crippen molar-refractivity contribution in [3.63, 3.8) is 0 Å². The van der Waals surface area contributed by atoms with Crippen LogP contribution in [0.1, 0.15) is 0 Å². The van der Waals surface area contributed by atoms with Crippen LogP contribution < -0.4 is 4.74 Å². The molecule has 0 atom stereocenters. The van der Waals surface area contributed by atoms with E-state index in [1.165, 1.54) is 0 Å². The maximum Gasteiger partial charge on any atom is 0.151 e. The largest absolute Gasteiger partial charge is 0.454 e. The predicted molar refractivity (Wildman–Crippen MR) is 309 cm³/mol. The highest BCUT2D eigenvalue weighted by atomic mass is 79.9. The van der Waals surface area contributed by atoms with Crippen LogP contribution in [0.5, 0.6) is 11.5 Å². The average molecular weight is 2050 g/mol. The molecule has 0 unspecified atom stereocenters. The zero-order valence-corrected chi connectivity index (χ0v) is 58.2. The second-order valence-corrected chi connectivity index (χ2v) is 27.2. The zero-order valence-electron chi connectivity index (χ0n) is 26.4. The first-order valence-electron chi connectivity index (χ1n) is 14.7. The van der Waals surface area contributed by atoms with E-state index in [0.717, 1.165) is 125 Å². The molecule has 6 aromatic carbocycles. The third-order valence-corrected chi connectivity index (χ3v) is 31.2. The summed E-state index contributed by atoms with van der Waals surface area (Å²) in [6, 6.07) is 12.1. The molecule has 21 heteroatoms. The maximum absolute atomic E-state index is 7.57. The molecule has 0 N–H and O–H groups in total. The Morgan fingerprint density at radius 2 is 0.474 bits per heavy atom. The number of ether oxygens (including phenoxy) is 1. The van der Waals surface area contributed by atoms with E-state index in [1.54, 1.807) is 0 Å². The van der Waals surface area contributed by atoms with Gasteiger partial charge in [0.15, 0.2) is 11.5 Å². The van der Waals surface area contributed by atoms with Gasteiger partial charge in [-0.05, 0) is 342 Å². The van der Waals surface area contributed by atoms with Gasteiger partial charge >= 0.3 is 0 Å². The Labute approximate surface area is 495 Å². The van der Waals surface area contributed by atoms with E-state index in [1.807, 2.05) is 24.3 Å². The molecule has 57 heavy (non-hydrogen) atoms. The van der Waals surface area contributed by atoms with Gasteiger partial charge in [-0.15, -0.1) is 0 Å². The summed E-state index contributed by atoms with van der Waals surface area (Å²) in [5.41, 5.74) is 6.50. The van der Waals surface area contributed by atoms with Crippen LogP contribution in [-0.4, -0.2) is 0 Å². The van der Waals surface area contributed by atoms with Crippen LogP contribution in [0.3, 0.4) is 0 Å². The molecular formula is C36H6Br20O. The van der Waals surface area contributed by atoms with Gasteiger partial charge in [-0.3, -0.25) is 0 Å². The summed E-state index contributed by atoms with van der Waals surface area (Å²) in [7, 11) is 0. The lowest BCUT2D eigenvalue weighted by Gasteiger charge is -2.27. The molecule has 0 saturated heterocycles. The zero-order chi connectivity index (χ0) is 42.3. The molecule has 0 fully saturated rings. The Balaban J connectivity index is 1.91. The molecule has 296 valence electrons.